The fourth-order valence-corrected chi connectivity index (χ4v) is 1.56. The number of benzene rings is 1. The van der Waals surface area contributed by atoms with Gasteiger partial charge in [0, 0.05) is 5.56 Å². The maximum Gasteiger partial charge on any atom is 0.377 e. The first kappa shape index (κ1) is 13.9. The number of carboxylic acids is 1. The van der Waals surface area contributed by atoms with Crippen molar-refractivity contribution in [2.75, 3.05) is 6.61 Å². The average Bonchev–Trinajstić information content (AvgIpc) is 2.37. The highest BCUT2D eigenvalue weighted by Crippen LogP contribution is 2.15. The summed E-state index contributed by atoms with van der Waals surface area (Å²) in [5.41, 5.74) is 0.946. The van der Waals surface area contributed by atoms with Gasteiger partial charge in [0.2, 0.25) is 0 Å². The number of ketones is 1. The lowest BCUT2D eigenvalue weighted by atomic mass is 9.99. The van der Waals surface area contributed by atoms with Crippen LogP contribution in [-0.2, 0) is 16.0 Å². The van der Waals surface area contributed by atoms with E-state index in [1.165, 1.54) is 18.2 Å². The Labute approximate surface area is 104 Å². The SMILES string of the molecule is CCOC(=O)c1ccc(C(=O)C(=O)O)c(CC)c1. The van der Waals surface area contributed by atoms with E-state index in [1.54, 1.807) is 13.8 Å². The van der Waals surface area contributed by atoms with Crippen LogP contribution in [0.25, 0.3) is 0 Å². The first-order valence-electron chi connectivity index (χ1n) is 5.58. The number of aryl methyl sites for hydroxylation is 1. The Kier molecular flexibility index (Phi) is 4.59. The molecule has 96 valence electrons. The molecule has 0 bridgehead atoms. The molecule has 0 amide bonds. The Hall–Kier alpha value is -2.17. The van der Waals surface area contributed by atoms with Gasteiger partial charge in [0.05, 0.1) is 12.2 Å². The van der Waals surface area contributed by atoms with Crippen LogP contribution in [-0.4, -0.2) is 29.4 Å². The van der Waals surface area contributed by atoms with Crippen molar-refractivity contribution < 1.29 is 24.2 Å². The molecular weight excluding hydrogens is 236 g/mol. The molecule has 5 heteroatoms. The van der Waals surface area contributed by atoms with Crippen molar-refractivity contribution in [3.8, 4) is 0 Å². The Morgan fingerprint density at radius 3 is 2.39 bits per heavy atom. The van der Waals surface area contributed by atoms with Crippen molar-refractivity contribution in [2.45, 2.75) is 20.3 Å². The fourth-order valence-electron chi connectivity index (χ4n) is 1.56. The van der Waals surface area contributed by atoms with Gasteiger partial charge in [0.1, 0.15) is 0 Å². The first-order chi connectivity index (χ1) is 8.51. The quantitative estimate of drug-likeness (QED) is 0.488. The molecule has 0 atom stereocenters. The van der Waals surface area contributed by atoms with Crippen LogP contribution in [0.15, 0.2) is 18.2 Å². The number of carboxylic acid groups (broad SMARTS) is 1. The zero-order chi connectivity index (χ0) is 13.7. The van der Waals surface area contributed by atoms with Crippen molar-refractivity contribution in [1.29, 1.82) is 0 Å². The Bertz CT molecular complexity index is 490. The summed E-state index contributed by atoms with van der Waals surface area (Å²) in [6, 6.07) is 4.24. The first-order valence-corrected chi connectivity index (χ1v) is 5.58. The minimum atomic E-state index is -1.51. The number of carbonyl (C=O) groups excluding carboxylic acids is 2. The molecule has 0 saturated carbocycles. The van der Waals surface area contributed by atoms with Crippen LogP contribution in [0.2, 0.25) is 0 Å². The summed E-state index contributed by atoms with van der Waals surface area (Å²) in [6.45, 7) is 3.74. The minimum absolute atomic E-state index is 0.109. The van der Waals surface area contributed by atoms with Gasteiger partial charge in [-0.15, -0.1) is 0 Å². The summed E-state index contributed by atoms with van der Waals surface area (Å²) >= 11 is 0. The lowest BCUT2D eigenvalue weighted by Crippen LogP contribution is -2.15. The number of aliphatic carboxylic acids is 1. The molecule has 0 heterocycles. The molecule has 0 radical (unpaired) electrons. The minimum Gasteiger partial charge on any atom is -0.475 e. The number of carbonyl (C=O) groups is 3. The zero-order valence-electron chi connectivity index (χ0n) is 10.2. The second-order valence-corrected chi connectivity index (χ2v) is 3.58. The number of esters is 1. The van der Waals surface area contributed by atoms with Gasteiger partial charge in [-0.25, -0.2) is 9.59 Å². The van der Waals surface area contributed by atoms with Gasteiger partial charge in [-0.3, -0.25) is 4.79 Å². The maximum atomic E-state index is 11.5. The molecule has 0 aromatic heterocycles. The third-order valence-electron chi connectivity index (χ3n) is 2.44. The Morgan fingerprint density at radius 2 is 1.89 bits per heavy atom. The summed E-state index contributed by atoms with van der Waals surface area (Å²) in [5, 5.41) is 8.68. The second-order valence-electron chi connectivity index (χ2n) is 3.58. The molecule has 5 nitrogen and oxygen atoms in total. The van der Waals surface area contributed by atoms with E-state index in [9.17, 15) is 14.4 Å². The van der Waals surface area contributed by atoms with E-state index in [0.717, 1.165) is 0 Å². The monoisotopic (exact) mass is 250 g/mol. The van der Waals surface area contributed by atoms with Crippen LogP contribution in [0.4, 0.5) is 0 Å². The molecule has 18 heavy (non-hydrogen) atoms. The number of hydrogen-bond acceptors (Lipinski definition) is 4. The van der Waals surface area contributed by atoms with E-state index in [-0.39, 0.29) is 12.2 Å². The van der Waals surface area contributed by atoms with Gasteiger partial charge in [0.15, 0.2) is 0 Å². The van der Waals surface area contributed by atoms with Gasteiger partial charge >= 0.3 is 11.9 Å². The van der Waals surface area contributed by atoms with Gasteiger partial charge in [-0.2, -0.15) is 0 Å². The van der Waals surface area contributed by atoms with Gasteiger partial charge in [-0.1, -0.05) is 6.92 Å². The van der Waals surface area contributed by atoms with Gasteiger partial charge in [0.25, 0.3) is 5.78 Å². The third kappa shape index (κ3) is 2.94. The fraction of sp³-hybridized carbons (Fsp3) is 0.308. The maximum absolute atomic E-state index is 11.5. The largest absolute Gasteiger partial charge is 0.475 e. The summed E-state index contributed by atoms with van der Waals surface area (Å²) in [5.74, 6) is -2.96. The van der Waals surface area contributed by atoms with E-state index in [2.05, 4.69) is 0 Å². The van der Waals surface area contributed by atoms with Crippen LogP contribution in [0.1, 0.15) is 40.1 Å². The normalized spacial score (nSPS) is 9.89. The smallest absolute Gasteiger partial charge is 0.377 e. The Balaban J connectivity index is 3.15. The number of ether oxygens (including phenoxy) is 1. The molecule has 0 unspecified atom stereocenters. The van der Waals surface area contributed by atoms with Crippen molar-refractivity contribution in [3.63, 3.8) is 0 Å². The standard InChI is InChI=1S/C13H14O5/c1-3-8-7-9(13(17)18-4-2)5-6-10(8)11(14)12(15)16/h5-7H,3-4H2,1-2H3,(H,15,16). The average molecular weight is 250 g/mol. The highest BCUT2D eigenvalue weighted by molar-refractivity contribution is 6.40. The highest BCUT2D eigenvalue weighted by Gasteiger charge is 2.19. The van der Waals surface area contributed by atoms with Crippen molar-refractivity contribution in [1.82, 2.24) is 0 Å². The molecule has 0 aliphatic heterocycles. The van der Waals surface area contributed by atoms with E-state index < -0.39 is 17.7 Å². The Morgan fingerprint density at radius 1 is 1.22 bits per heavy atom. The summed E-state index contributed by atoms with van der Waals surface area (Å²) in [4.78, 5) is 33.6. The van der Waals surface area contributed by atoms with E-state index in [0.29, 0.717) is 17.5 Å². The molecule has 0 saturated heterocycles. The number of rotatable bonds is 5. The van der Waals surface area contributed by atoms with Crippen molar-refractivity contribution in [3.05, 3.63) is 34.9 Å². The lowest BCUT2D eigenvalue weighted by molar-refractivity contribution is -0.131. The summed E-state index contributed by atoms with van der Waals surface area (Å²) < 4.78 is 4.84. The van der Waals surface area contributed by atoms with E-state index in [1.807, 2.05) is 0 Å². The summed E-state index contributed by atoms with van der Waals surface area (Å²) in [6.07, 6.45) is 0.460. The van der Waals surface area contributed by atoms with Crippen molar-refractivity contribution >= 4 is 17.7 Å². The van der Waals surface area contributed by atoms with Crippen LogP contribution < -0.4 is 0 Å². The molecule has 1 N–H and O–H groups in total. The van der Waals surface area contributed by atoms with Crippen molar-refractivity contribution in [2.24, 2.45) is 0 Å². The van der Waals surface area contributed by atoms with Gasteiger partial charge in [-0.05, 0) is 37.1 Å². The molecule has 0 fully saturated rings. The molecule has 1 aromatic carbocycles. The highest BCUT2D eigenvalue weighted by atomic mass is 16.5. The second kappa shape index (κ2) is 5.95. The molecule has 1 rings (SSSR count). The van der Waals surface area contributed by atoms with Crippen LogP contribution in [0, 0.1) is 0 Å². The van der Waals surface area contributed by atoms with Crippen LogP contribution in [0.3, 0.4) is 0 Å². The molecule has 0 aliphatic rings. The lowest BCUT2D eigenvalue weighted by Gasteiger charge is -2.07. The topological polar surface area (TPSA) is 80.7 Å². The predicted molar refractivity (Wildman–Crippen MR) is 63.7 cm³/mol. The molecular formula is C13H14O5. The molecule has 1 aromatic rings. The van der Waals surface area contributed by atoms with E-state index in [4.69, 9.17) is 9.84 Å². The molecule has 0 aliphatic carbocycles. The zero-order valence-corrected chi connectivity index (χ0v) is 10.2. The van der Waals surface area contributed by atoms with Crippen LogP contribution in [0.5, 0.6) is 0 Å². The number of Topliss-reactive ketones (excluding diaryl/α,β-unsaturated/α-hetero) is 1. The number of hydrogen-bond donors (Lipinski definition) is 1. The van der Waals surface area contributed by atoms with Crippen LogP contribution >= 0.6 is 0 Å². The predicted octanol–water partition coefficient (Wildman–Crippen LogP) is 1.69. The summed E-state index contributed by atoms with van der Waals surface area (Å²) in [7, 11) is 0. The molecule has 0 spiro atoms. The van der Waals surface area contributed by atoms with E-state index >= 15 is 0 Å². The van der Waals surface area contributed by atoms with Gasteiger partial charge < -0.3 is 9.84 Å². The third-order valence-corrected chi connectivity index (χ3v) is 2.44.